The average molecular weight is 336 g/mol. The van der Waals surface area contributed by atoms with Crippen molar-refractivity contribution < 1.29 is 19.5 Å². The van der Waals surface area contributed by atoms with Crippen LogP contribution < -0.4 is 9.80 Å². The maximum Gasteiger partial charge on any atom is 0.438 e. The minimum Gasteiger partial charge on any atom is -0.489 e. The number of ether oxygens (including phenoxy) is 2. The van der Waals surface area contributed by atoms with Crippen LogP contribution in [0, 0.1) is 13.8 Å². The topological polar surface area (TPSA) is 59.0 Å². The van der Waals surface area contributed by atoms with Crippen LogP contribution in [0.3, 0.4) is 0 Å². The summed E-state index contributed by atoms with van der Waals surface area (Å²) in [6.45, 7) is 4.10. The van der Waals surface area contributed by atoms with Gasteiger partial charge < -0.3 is 9.47 Å². The number of carbonyl (C=O) groups excluding carboxylic acids is 1. The second kappa shape index (κ2) is 7.35. The predicted molar refractivity (Wildman–Crippen MR) is 88.4 cm³/mol. The molecule has 1 N–H and O–H groups in total. The fourth-order valence-electron chi connectivity index (χ4n) is 2.18. The van der Waals surface area contributed by atoms with Gasteiger partial charge in [0.15, 0.2) is 0 Å². The lowest BCUT2D eigenvalue weighted by Gasteiger charge is -2.18. The van der Waals surface area contributed by atoms with Crippen molar-refractivity contribution in [3.05, 3.63) is 58.1 Å². The first-order valence-corrected chi connectivity index (χ1v) is 7.35. The van der Waals surface area contributed by atoms with Gasteiger partial charge in [0, 0.05) is 10.6 Å². The molecule has 2 aromatic rings. The molecule has 0 aliphatic carbocycles. The van der Waals surface area contributed by atoms with Crippen LogP contribution in [-0.2, 0) is 11.3 Å². The molecule has 122 valence electrons. The Morgan fingerprint density at radius 2 is 1.96 bits per heavy atom. The molecule has 0 aromatic heterocycles. The van der Waals surface area contributed by atoms with Crippen molar-refractivity contribution in [3.8, 4) is 5.75 Å². The zero-order valence-electron chi connectivity index (χ0n) is 13.2. The summed E-state index contributed by atoms with van der Waals surface area (Å²) in [6.07, 6.45) is -0.889. The standard InChI is InChI=1S/C17H18ClNO4/c1-11-4-7-16(12(2)8-11)23-10-13-9-14(18)5-6-15(13)19(21)17(20)22-3/h4-9,21H,10H2,1-3H3. The van der Waals surface area contributed by atoms with Crippen molar-refractivity contribution in [2.45, 2.75) is 20.5 Å². The first kappa shape index (κ1) is 17.1. The number of anilines is 1. The molecule has 1 amide bonds. The number of hydroxylamine groups is 1. The van der Waals surface area contributed by atoms with Crippen molar-refractivity contribution >= 4 is 23.4 Å². The highest BCUT2D eigenvalue weighted by atomic mass is 35.5. The number of benzene rings is 2. The number of halogens is 1. The van der Waals surface area contributed by atoms with E-state index in [2.05, 4.69) is 4.74 Å². The lowest BCUT2D eigenvalue weighted by atomic mass is 10.1. The molecule has 0 radical (unpaired) electrons. The van der Waals surface area contributed by atoms with Crippen LogP contribution in [0.15, 0.2) is 36.4 Å². The molecule has 5 nitrogen and oxygen atoms in total. The molecule has 2 rings (SSSR count). The zero-order valence-corrected chi connectivity index (χ0v) is 13.9. The van der Waals surface area contributed by atoms with Gasteiger partial charge in [-0.2, -0.15) is 5.06 Å². The van der Waals surface area contributed by atoms with Crippen LogP contribution in [0.4, 0.5) is 10.5 Å². The molecule has 0 unspecified atom stereocenters. The van der Waals surface area contributed by atoms with E-state index in [1.54, 1.807) is 12.1 Å². The van der Waals surface area contributed by atoms with Gasteiger partial charge in [-0.05, 0) is 43.7 Å². The molecule has 0 aliphatic rings. The van der Waals surface area contributed by atoms with Gasteiger partial charge in [-0.25, -0.2) is 4.79 Å². The molecule has 0 saturated carbocycles. The van der Waals surface area contributed by atoms with Crippen molar-refractivity contribution in [2.75, 3.05) is 12.2 Å². The summed E-state index contributed by atoms with van der Waals surface area (Å²) >= 11 is 6.00. The van der Waals surface area contributed by atoms with Gasteiger partial charge >= 0.3 is 6.09 Å². The van der Waals surface area contributed by atoms with Gasteiger partial charge in [-0.3, -0.25) is 5.21 Å². The molecule has 23 heavy (non-hydrogen) atoms. The number of rotatable bonds is 4. The molecule has 6 heteroatoms. The van der Waals surface area contributed by atoms with Crippen LogP contribution in [0.2, 0.25) is 5.02 Å². The van der Waals surface area contributed by atoms with E-state index in [9.17, 15) is 10.0 Å². The van der Waals surface area contributed by atoms with Gasteiger partial charge in [-0.1, -0.05) is 29.3 Å². The van der Waals surface area contributed by atoms with Gasteiger partial charge in [0.05, 0.1) is 12.8 Å². The Hall–Kier alpha value is -2.24. The fraction of sp³-hybridized carbons (Fsp3) is 0.235. The first-order valence-electron chi connectivity index (χ1n) is 6.98. The van der Waals surface area contributed by atoms with Crippen LogP contribution in [-0.4, -0.2) is 18.4 Å². The van der Waals surface area contributed by atoms with Crippen molar-refractivity contribution in [1.82, 2.24) is 0 Å². The smallest absolute Gasteiger partial charge is 0.438 e. The van der Waals surface area contributed by atoms with E-state index < -0.39 is 6.09 Å². The summed E-state index contributed by atoms with van der Waals surface area (Å²) in [5.41, 5.74) is 2.96. The Kier molecular flexibility index (Phi) is 5.47. The lowest BCUT2D eigenvalue weighted by Crippen LogP contribution is -2.27. The summed E-state index contributed by atoms with van der Waals surface area (Å²) in [5, 5.41) is 10.8. The molecule has 0 saturated heterocycles. The van der Waals surface area contributed by atoms with Crippen molar-refractivity contribution in [2.24, 2.45) is 0 Å². The number of hydrogen-bond donors (Lipinski definition) is 1. The Labute approximate surface area is 140 Å². The molecule has 0 bridgehead atoms. The average Bonchev–Trinajstić information content (AvgIpc) is 2.52. The third kappa shape index (κ3) is 4.15. The monoisotopic (exact) mass is 335 g/mol. The first-order chi connectivity index (χ1) is 10.9. The van der Waals surface area contributed by atoms with E-state index in [1.165, 1.54) is 13.2 Å². The third-order valence-electron chi connectivity index (χ3n) is 3.33. The van der Waals surface area contributed by atoms with Crippen LogP contribution in [0.25, 0.3) is 0 Å². The van der Waals surface area contributed by atoms with Gasteiger partial charge in [0.1, 0.15) is 12.4 Å². The Balaban J connectivity index is 2.24. The molecule has 0 atom stereocenters. The molecular formula is C17H18ClNO4. The molecule has 0 heterocycles. The van der Waals surface area contributed by atoms with Gasteiger partial charge in [0.25, 0.3) is 0 Å². The zero-order chi connectivity index (χ0) is 17.0. The second-order valence-corrected chi connectivity index (χ2v) is 5.55. The van der Waals surface area contributed by atoms with Crippen LogP contribution >= 0.6 is 11.6 Å². The maximum absolute atomic E-state index is 11.5. The van der Waals surface area contributed by atoms with Crippen LogP contribution in [0.5, 0.6) is 5.75 Å². The minimum absolute atomic E-state index is 0.147. The van der Waals surface area contributed by atoms with E-state index in [0.29, 0.717) is 15.6 Å². The predicted octanol–water partition coefficient (Wildman–Crippen LogP) is 4.50. The number of nitrogens with zero attached hydrogens (tertiary/aromatic N) is 1. The second-order valence-electron chi connectivity index (χ2n) is 5.11. The van der Waals surface area contributed by atoms with Crippen molar-refractivity contribution in [3.63, 3.8) is 0 Å². The van der Waals surface area contributed by atoms with Gasteiger partial charge in [0.2, 0.25) is 0 Å². The summed E-state index contributed by atoms with van der Waals surface area (Å²) in [7, 11) is 1.19. The summed E-state index contributed by atoms with van der Waals surface area (Å²) in [4.78, 5) is 11.5. The fourth-order valence-corrected chi connectivity index (χ4v) is 2.37. The number of methoxy groups -OCH3 is 1. The van der Waals surface area contributed by atoms with E-state index >= 15 is 0 Å². The minimum atomic E-state index is -0.889. The molecule has 2 aromatic carbocycles. The highest BCUT2D eigenvalue weighted by Gasteiger charge is 2.18. The lowest BCUT2D eigenvalue weighted by molar-refractivity contribution is 0.140. The summed E-state index contributed by atoms with van der Waals surface area (Å²) in [6, 6.07) is 10.6. The number of amides is 1. The Bertz CT molecular complexity index is 718. The van der Waals surface area contributed by atoms with E-state index in [1.807, 2.05) is 32.0 Å². The summed E-state index contributed by atoms with van der Waals surface area (Å²) in [5.74, 6) is 0.726. The SMILES string of the molecule is COC(=O)N(O)c1ccc(Cl)cc1COc1ccc(C)cc1C. The molecule has 0 fully saturated rings. The van der Waals surface area contributed by atoms with Crippen molar-refractivity contribution in [1.29, 1.82) is 0 Å². The normalized spacial score (nSPS) is 10.3. The highest BCUT2D eigenvalue weighted by Crippen LogP contribution is 2.27. The van der Waals surface area contributed by atoms with Crippen LogP contribution in [0.1, 0.15) is 16.7 Å². The largest absolute Gasteiger partial charge is 0.489 e. The van der Waals surface area contributed by atoms with E-state index in [4.69, 9.17) is 16.3 Å². The number of aryl methyl sites for hydroxylation is 2. The third-order valence-corrected chi connectivity index (χ3v) is 3.57. The number of hydrogen-bond acceptors (Lipinski definition) is 4. The summed E-state index contributed by atoms with van der Waals surface area (Å²) < 4.78 is 10.3. The maximum atomic E-state index is 11.5. The molecule has 0 aliphatic heterocycles. The Morgan fingerprint density at radius 3 is 2.61 bits per heavy atom. The highest BCUT2D eigenvalue weighted by molar-refractivity contribution is 6.30. The van der Waals surface area contributed by atoms with E-state index in [-0.39, 0.29) is 12.3 Å². The number of carbonyl (C=O) groups is 1. The molecular weight excluding hydrogens is 318 g/mol. The quantitative estimate of drug-likeness (QED) is 0.660. The molecule has 0 spiro atoms. The van der Waals surface area contributed by atoms with Gasteiger partial charge in [-0.15, -0.1) is 0 Å². The van der Waals surface area contributed by atoms with E-state index in [0.717, 1.165) is 16.9 Å². The Morgan fingerprint density at radius 1 is 1.22 bits per heavy atom.